The largest absolute Gasteiger partial charge is 0.371 e. The maximum Gasteiger partial charge on any atom is 0.0763 e. The zero-order valence-corrected chi connectivity index (χ0v) is 11.4. The molecule has 1 heterocycles. The van der Waals surface area contributed by atoms with Gasteiger partial charge >= 0.3 is 0 Å². The summed E-state index contributed by atoms with van der Waals surface area (Å²) in [7, 11) is 0. The van der Waals surface area contributed by atoms with Gasteiger partial charge < -0.3 is 10.1 Å². The van der Waals surface area contributed by atoms with Crippen LogP contribution in [0.3, 0.4) is 0 Å². The van der Waals surface area contributed by atoms with Crippen molar-refractivity contribution in [3.05, 3.63) is 11.6 Å². The number of rotatable bonds is 5. The quantitative estimate of drug-likeness (QED) is 0.726. The number of hydrogen-bond donors (Lipinski definition) is 1. The van der Waals surface area contributed by atoms with E-state index >= 15 is 0 Å². The van der Waals surface area contributed by atoms with Crippen LogP contribution >= 0.6 is 0 Å². The summed E-state index contributed by atoms with van der Waals surface area (Å²) in [5, 5.41) is 3.49. The molecule has 1 aliphatic heterocycles. The van der Waals surface area contributed by atoms with E-state index in [-0.39, 0.29) is 0 Å². The summed E-state index contributed by atoms with van der Waals surface area (Å²) in [5.41, 5.74) is 1.48. The van der Waals surface area contributed by atoms with Crippen LogP contribution in [0.4, 0.5) is 0 Å². The van der Waals surface area contributed by atoms with E-state index in [9.17, 15) is 0 Å². The number of hydrogen-bond acceptors (Lipinski definition) is 2. The number of nitrogens with one attached hydrogen (secondary N) is 1. The van der Waals surface area contributed by atoms with E-state index in [1.165, 1.54) is 18.4 Å². The summed E-state index contributed by atoms with van der Waals surface area (Å²) >= 11 is 0. The zero-order chi connectivity index (χ0) is 12.1. The van der Waals surface area contributed by atoms with E-state index in [4.69, 9.17) is 4.74 Å². The van der Waals surface area contributed by atoms with E-state index < -0.39 is 0 Å². The molecule has 2 nitrogen and oxygen atoms in total. The van der Waals surface area contributed by atoms with Gasteiger partial charge in [0.1, 0.15) is 0 Å². The van der Waals surface area contributed by atoms with Crippen LogP contribution in [0.1, 0.15) is 47.5 Å². The molecule has 0 bridgehead atoms. The van der Waals surface area contributed by atoms with Crippen molar-refractivity contribution in [3.63, 3.8) is 0 Å². The Balaban J connectivity index is 2.51. The Kier molecular flexibility index (Phi) is 5.50. The third-order valence-corrected chi connectivity index (χ3v) is 3.12. The van der Waals surface area contributed by atoms with Crippen LogP contribution in [0.25, 0.3) is 0 Å². The third-order valence-electron chi connectivity index (χ3n) is 3.12. The lowest BCUT2D eigenvalue weighted by molar-refractivity contribution is 0.0825. The summed E-state index contributed by atoms with van der Waals surface area (Å²) in [6, 6.07) is 0.547. The Hall–Kier alpha value is -0.340. The standard InChI is InChI=1S/C14H27NO/c1-10(2)13(9-15-11(3)4)8-14-7-6-12(5)16-14/h8,10-12,14-15H,6-7,9H2,1-5H3. The lowest BCUT2D eigenvalue weighted by Crippen LogP contribution is -2.27. The Morgan fingerprint density at radius 3 is 2.44 bits per heavy atom. The molecular weight excluding hydrogens is 198 g/mol. The Labute approximate surface area is 100 Å². The Morgan fingerprint density at radius 1 is 1.31 bits per heavy atom. The van der Waals surface area contributed by atoms with E-state index in [0.717, 1.165) is 6.54 Å². The first kappa shape index (κ1) is 13.7. The number of ether oxygens (including phenoxy) is 1. The minimum atomic E-state index is 0.348. The fourth-order valence-electron chi connectivity index (χ4n) is 1.97. The first-order valence-corrected chi connectivity index (χ1v) is 6.58. The lowest BCUT2D eigenvalue weighted by Gasteiger charge is -2.17. The molecule has 1 rings (SSSR count). The minimum absolute atomic E-state index is 0.348. The van der Waals surface area contributed by atoms with Crippen molar-refractivity contribution in [2.45, 2.75) is 65.7 Å². The molecule has 1 saturated heterocycles. The molecule has 1 aliphatic rings. The molecular formula is C14H27NO. The van der Waals surface area contributed by atoms with Gasteiger partial charge in [0.25, 0.3) is 0 Å². The molecule has 0 aromatic rings. The SMILES string of the molecule is CC(C)NCC(=CC1CCC(C)O1)C(C)C. The van der Waals surface area contributed by atoms with Crippen molar-refractivity contribution in [2.24, 2.45) is 5.92 Å². The molecule has 94 valence electrons. The summed E-state index contributed by atoms with van der Waals surface area (Å²) in [6.07, 6.45) is 5.50. The molecule has 2 unspecified atom stereocenters. The maximum absolute atomic E-state index is 5.84. The second-order valence-electron chi connectivity index (χ2n) is 5.49. The minimum Gasteiger partial charge on any atom is -0.371 e. The second-order valence-corrected chi connectivity index (χ2v) is 5.49. The fourth-order valence-corrected chi connectivity index (χ4v) is 1.97. The van der Waals surface area contributed by atoms with E-state index in [2.05, 4.69) is 46.0 Å². The molecule has 1 fully saturated rings. The van der Waals surface area contributed by atoms with Crippen LogP contribution in [0.2, 0.25) is 0 Å². The molecule has 0 aromatic carbocycles. The van der Waals surface area contributed by atoms with Gasteiger partial charge in [0.05, 0.1) is 12.2 Å². The van der Waals surface area contributed by atoms with Gasteiger partial charge in [0.2, 0.25) is 0 Å². The van der Waals surface area contributed by atoms with Crippen molar-refractivity contribution >= 4 is 0 Å². The van der Waals surface area contributed by atoms with Crippen LogP contribution < -0.4 is 5.32 Å². The lowest BCUT2D eigenvalue weighted by atomic mass is 10.00. The van der Waals surface area contributed by atoms with E-state index in [1.807, 2.05) is 0 Å². The van der Waals surface area contributed by atoms with Crippen LogP contribution in [-0.4, -0.2) is 24.8 Å². The molecule has 16 heavy (non-hydrogen) atoms. The predicted molar refractivity (Wildman–Crippen MR) is 69.6 cm³/mol. The van der Waals surface area contributed by atoms with Gasteiger partial charge in [-0.25, -0.2) is 0 Å². The molecule has 0 aliphatic carbocycles. The van der Waals surface area contributed by atoms with Crippen molar-refractivity contribution in [1.29, 1.82) is 0 Å². The second kappa shape index (κ2) is 6.41. The summed E-state index contributed by atoms with van der Waals surface area (Å²) < 4.78 is 5.84. The molecule has 0 amide bonds. The van der Waals surface area contributed by atoms with Gasteiger partial charge in [-0.05, 0) is 25.7 Å². The topological polar surface area (TPSA) is 21.3 Å². The highest BCUT2D eigenvalue weighted by molar-refractivity contribution is 5.11. The van der Waals surface area contributed by atoms with Crippen LogP contribution in [0.15, 0.2) is 11.6 Å². The van der Waals surface area contributed by atoms with E-state index in [1.54, 1.807) is 0 Å². The summed E-state index contributed by atoms with van der Waals surface area (Å²) in [5.74, 6) is 0.603. The molecule has 2 atom stereocenters. The van der Waals surface area contributed by atoms with Gasteiger partial charge in [-0.2, -0.15) is 0 Å². The summed E-state index contributed by atoms with van der Waals surface area (Å²) in [4.78, 5) is 0. The molecule has 0 aromatic heterocycles. The molecule has 0 saturated carbocycles. The van der Waals surface area contributed by atoms with Crippen LogP contribution in [0, 0.1) is 5.92 Å². The molecule has 1 N–H and O–H groups in total. The Morgan fingerprint density at radius 2 is 2.00 bits per heavy atom. The van der Waals surface area contributed by atoms with Crippen LogP contribution in [-0.2, 0) is 4.74 Å². The molecule has 0 radical (unpaired) electrons. The van der Waals surface area contributed by atoms with Crippen molar-refractivity contribution < 1.29 is 4.74 Å². The van der Waals surface area contributed by atoms with Gasteiger partial charge in [0.15, 0.2) is 0 Å². The average molecular weight is 225 g/mol. The van der Waals surface area contributed by atoms with Gasteiger partial charge in [-0.1, -0.05) is 39.3 Å². The first-order chi connectivity index (χ1) is 7.49. The molecule has 2 heteroatoms. The molecule has 0 spiro atoms. The van der Waals surface area contributed by atoms with E-state index in [0.29, 0.717) is 24.2 Å². The zero-order valence-electron chi connectivity index (χ0n) is 11.4. The van der Waals surface area contributed by atoms with Gasteiger partial charge in [0, 0.05) is 12.6 Å². The maximum atomic E-state index is 5.84. The fraction of sp³-hybridized carbons (Fsp3) is 0.857. The van der Waals surface area contributed by atoms with Crippen molar-refractivity contribution in [2.75, 3.05) is 6.54 Å². The van der Waals surface area contributed by atoms with Crippen molar-refractivity contribution in [3.8, 4) is 0 Å². The highest BCUT2D eigenvalue weighted by Crippen LogP contribution is 2.22. The predicted octanol–water partition coefficient (Wildman–Crippen LogP) is 3.13. The monoisotopic (exact) mass is 225 g/mol. The highest BCUT2D eigenvalue weighted by atomic mass is 16.5. The van der Waals surface area contributed by atoms with Gasteiger partial charge in [-0.15, -0.1) is 0 Å². The Bertz CT molecular complexity index is 233. The van der Waals surface area contributed by atoms with Crippen LogP contribution in [0.5, 0.6) is 0 Å². The van der Waals surface area contributed by atoms with Gasteiger partial charge in [-0.3, -0.25) is 0 Å². The third kappa shape index (κ3) is 4.67. The average Bonchev–Trinajstić information content (AvgIpc) is 2.57. The van der Waals surface area contributed by atoms with Crippen molar-refractivity contribution in [1.82, 2.24) is 5.32 Å². The normalized spacial score (nSPS) is 27.1. The highest BCUT2D eigenvalue weighted by Gasteiger charge is 2.20. The summed E-state index contributed by atoms with van der Waals surface area (Å²) in [6.45, 7) is 12.0. The smallest absolute Gasteiger partial charge is 0.0763 e. The first-order valence-electron chi connectivity index (χ1n) is 6.58.